The number of nitrogens with one attached hydrogen (secondary N) is 1. The van der Waals surface area contributed by atoms with Gasteiger partial charge < -0.3 is 15.3 Å². The summed E-state index contributed by atoms with van der Waals surface area (Å²) in [5.41, 5.74) is -0.382. The van der Waals surface area contributed by atoms with Gasteiger partial charge in [0.1, 0.15) is 11.3 Å². The van der Waals surface area contributed by atoms with Gasteiger partial charge in [-0.2, -0.15) is 0 Å². The second-order valence-corrected chi connectivity index (χ2v) is 5.01. The molecule has 2 rings (SSSR count). The number of carboxylic acid groups (broad SMARTS) is 1. The van der Waals surface area contributed by atoms with Crippen molar-refractivity contribution in [2.75, 3.05) is 25.5 Å². The second-order valence-electron chi connectivity index (χ2n) is 5.01. The van der Waals surface area contributed by atoms with Crippen LogP contribution in [0.2, 0.25) is 0 Å². The molecule has 108 valence electrons. The van der Waals surface area contributed by atoms with Crippen LogP contribution in [0.3, 0.4) is 0 Å². The minimum Gasteiger partial charge on any atom is -0.477 e. The van der Waals surface area contributed by atoms with Crippen LogP contribution in [0.15, 0.2) is 18.2 Å². The fourth-order valence-corrected chi connectivity index (χ4v) is 2.53. The maximum atomic E-state index is 11.1. The van der Waals surface area contributed by atoms with Crippen molar-refractivity contribution in [3.63, 3.8) is 0 Å². The number of nitro groups is 1. The number of carboxylic acids is 1. The summed E-state index contributed by atoms with van der Waals surface area (Å²) in [7, 11) is 2.00. The molecule has 1 aromatic carbocycles. The summed E-state index contributed by atoms with van der Waals surface area (Å²) in [5.74, 6) is -1.29. The van der Waals surface area contributed by atoms with Crippen LogP contribution in [0.1, 0.15) is 23.2 Å². The van der Waals surface area contributed by atoms with Crippen LogP contribution in [0, 0.1) is 10.1 Å². The molecule has 0 radical (unpaired) electrons. The van der Waals surface area contributed by atoms with E-state index >= 15 is 0 Å². The summed E-state index contributed by atoms with van der Waals surface area (Å²) in [5, 5.41) is 23.3. The molecule has 0 saturated carbocycles. The van der Waals surface area contributed by atoms with Gasteiger partial charge in [0.15, 0.2) is 0 Å². The molecule has 0 amide bonds. The molecule has 1 saturated heterocycles. The minimum atomic E-state index is -1.29. The normalized spacial score (nSPS) is 19.6. The van der Waals surface area contributed by atoms with Crippen molar-refractivity contribution in [2.24, 2.45) is 0 Å². The third kappa shape index (κ3) is 3.05. The monoisotopic (exact) mass is 279 g/mol. The Hall–Kier alpha value is -2.15. The van der Waals surface area contributed by atoms with Gasteiger partial charge in [-0.15, -0.1) is 0 Å². The average Bonchev–Trinajstić information content (AvgIpc) is 2.38. The van der Waals surface area contributed by atoms with Crippen molar-refractivity contribution in [1.82, 2.24) is 4.90 Å². The lowest BCUT2D eigenvalue weighted by molar-refractivity contribution is -0.384. The molecule has 7 heteroatoms. The number of anilines is 1. The van der Waals surface area contributed by atoms with E-state index in [2.05, 4.69) is 10.2 Å². The minimum absolute atomic E-state index is 0.0940. The number of likely N-dealkylation sites (N-methyl/N-ethyl adjacent to an activating group) is 1. The zero-order chi connectivity index (χ0) is 14.7. The standard InChI is InChI=1S/C13H17N3O4/c1-15-7-3-4-9(8-15)14-11-6-2-5-10(13(17)18)12(11)16(19)20/h2,5-6,9,14H,3-4,7-8H2,1H3,(H,17,18). The van der Waals surface area contributed by atoms with Crippen molar-refractivity contribution >= 4 is 17.3 Å². The van der Waals surface area contributed by atoms with Gasteiger partial charge in [0.05, 0.1) is 4.92 Å². The van der Waals surface area contributed by atoms with E-state index < -0.39 is 10.9 Å². The maximum absolute atomic E-state index is 11.1. The lowest BCUT2D eigenvalue weighted by Crippen LogP contribution is -2.39. The Morgan fingerprint density at radius 2 is 2.30 bits per heavy atom. The highest BCUT2D eigenvalue weighted by atomic mass is 16.6. The van der Waals surface area contributed by atoms with Gasteiger partial charge in [-0.1, -0.05) is 6.07 Å². The van der Waals surface area contributed by atoms with Gasteiger partial charge in [0.25, 0.3) is 0 Å². The van der Waals surface area contributed by atoms with Crippen LogP contribution in [0.25, 0.3) is 0 Å². The Morgan fingerprint density at radius 1 is 1.55 bits per heavy atom. The number of benzene rings is 1. The Morgan fingerprint density at radius 3 is 2.90 bits per heavy atom. The molecule has 0 aliphatic carbocycles. The van der Waals surface area contributed by atoms with Crippen molar-refractivity contribution in [1.29, 1.82) is 0 Å². The molecular formula is C13H17N3O4. The van der Waals surface area contributed by atoms with E-state index in [1.807, 2.05) is 7.05 Å². The Labute approximate surface area is 116 Å². The number of rotatable bonds is 4. The smallest absolute Gasteiger partial charge is 0.342 e. The van der Waals surface area contributed by atoms with Crippen molar-refractivity contribution in [3.8, 4) is 0 Å². The molecular weight excluding hydrogens is 262 g/mol. The summed E-state index contributed by atoms with van der Waals surface area (Å²) >= 11 is 0. The maximum Gasteiger partial charge on any atom is 0.342 e. The SMILES string of the molecule is CN1CCCC(Nc2cccc(C(=O)O)c2[N+](=O)[O-])C1. The first-order valence-electron chi connectivity index (χ1n) is 6.45. The van der Waals surface area contributed by atoms with Crippen LogP contribution in [0.4, 0.5) is 11.4 Å². The Bertz CT molecular complexity index is 532. The van der Waals surface area contributed by atoms with Gasteiger partial charge in [-0.3, -0.25) is 10.1 Å². The second kappa shape index (κ2) is 5.87. The van der Waals surface area contributed by atoms with Gasteiger partial charge in [-0.05, 0) is 38.6 Å². The first-order valence-corrected chi connectivity index (χ1v) is 6.45. The number of nitro benzene ring substituents is 1. The molecule has 2 N–H and O–H groups in total. The lowest BCUT2D eigenvalue weighted by Gasteiger charge is -2.30. The van der Waals surface area contributed by atoms with Crippen LogP contribution >= 0.6 is 0 Å². The molecule has 1 aliphatic heterocycles. The van der Waals surface area contributed by atoms with Crippen LogP contribution in [-0.4, -0.2) is 47.1 Å². The number of likely N-dealkylation sites (tertiary alicyclic amines) is 1. The van der Waals surface area contributed by atoms with Crippen molar-refractivity contribution < 1.29 is 14.8 Å². The molecule has 1 fully saturated rings. The van der Waals surface area contributed by atoms with Gasteiger partial charge in [-0.25, -0.2) is 4.79 Å². The zero-order valence-corrected chi connectivity index (χ0v) is 11.2. The highest BCUT2D eigenvalue weighted by Crippen LogP contribution is 2.30. The largest absolute Gasteiger partial charge is 0.477 e. The van der Waals surface area contributed by atoms with E-state index in [9.17, 15) is 14.9 Å². The predicted molar refractivity (Wildman–Crippen MR) is 74.2 cm³/mol. The summed E-state index contributed by atoms with van der Waals surface area (Å²) < 4.78 is 0. The van der Waals surface area contributed by atoms with E-state index in [0.717, 1.165) is 25.9 Å². The molecule has 7 nitrogen and oxygen atoms in total. The third-order valence-electron chi connectivity index (χ3n) is 3.43. The molecule has 0 bridgehead atoms. The number of piperidine rings is 1. The molecule has 1 heterocycles. The molecule has 0 spiro atoms. The first-order chi connectivity index (χ1) is 9.49. The van der Waals surface area contributed by atoms with E-state index in [1.54, 1.807) is 6.07 Å². The summed E-state index contributed by atoms with van der Waals surface area (Å²) in [6.07, 6.45) is 1.93. The van der Waals surface area contributed by atoms with E-state index in [-0.39, 0.29) is 23.0 Å². The highest BCUT2D eigenvalue weighted by Gasteiger charge is 2.26. The Kier molecular flexibility index (Phi) is 4.19. The number of hydrogen-bond acceptors (Lipinski definition) is 5. The number of carbonyl (C=O) groups is 1. The predicted octanol–water partition coefficient (Wildman–Crippen LogP) is 1.80. The van der Waals surface area contributed by atoms with E-state index in [1.165, 1.54) is 12.1 Å². The molecule has 20 heavy (non-hydrogen) atoms. The number of aromatic carboxylic acids is 1. The molecule has 1 atom stereocenters. The fraction of sp³-hybridized carbons (Fsp3) is 0.462. The third-order valence-corrected chi connectivity index (χ3v) is 3.43. The lowest BCUT2D eigenvalue weighted by atomic mass is 10.0. The molecule has 1 unspecified atom stereocenters. The molecule has 1 aliphatic rings. The number of hydrogen-bond donors (Lipinski definition) is 2. The zero-order valence-electron chi connectivity index (χ0n) is 11.2. The van der Waals surface area contributed by atoms with Crippen molar-refractivity contribution in [2.45, 2.75) is 18.9 Å². The Balaban J connectivity index is 2.29. The summed E-state index contributed by atoms with van der Waals surface area (Å²) in [6, 6.07) is 4.42. The fourth-order valence-electron chi connectivity index (χ4n) is 2.53. The highest BCUT2D eigenvalue weighted by molar-refractivity contribution is 5.95. The van der Waals surface area contributed by atoms with Gasteiger partial charge >= 0.3 is 11.7 Å². The number of para-hydroxylation sites is 1. The van der Waals surface area contributed by atoms with Gasteiger partial charge in [0, 0.05) is 12.6 Å². The van der Waals surface area contributed by atoms with E-state index in [4.69, 9.17) is 5.11 Å². The quantitative estimate of drug-likeness (QED) is 0.644. The average molecular weight is 279 g/mol. The van der Waals surface area contributed by atoms with Crippen LogP contribution < -0.4 is 5.32 Å². The van der Waals surface area contributed by atoms with Gasteiger partial charge in [0.2, 0.25) is 0 Å². The van der Waals surface area contributed by atoms with Crippen LogP contribution in [-0.2, 0) is 0 Å². The summed E-state index contributed by atoms with van der Waals surface area (Å²) in [6.45, 7) is 1.80. The summed E-state index contributed by atoms with van der Waals surface area (Å²) in [4.78, 5) is 23.7. The number of nitrogens with zero attached hydrogens (tertiary/aromatic N) is 2. The van der Waals surface area contributed by atoms with E-state index in [0.29, 0.717) is 0 Å². The topological polar surface area (TPSA) is 95.7 Å². The first kappa shape index (κ1) is 14.3. The van der Waals surface area contributed by atoms with Crippen LogP contribution in [0.5, 0.6) is 0 Å². The molecule has 1 aromatic rings. The molecule has 0 aromatic heterocycles. The van der Waals surface area contributed by atoms with Crippen molar-refractivity contribution in [3.05, 3.63) is 33.9 Å².